The van der Waals surface area contributed by atoms with Crippen molar-refractivity contribution in [2.75, 3.05) is 11.4 Å². The Hall–Kier alpha value is -2.17. The molecule has 5 nitrogen and oxygen atoms in total. The van der Waals surface area contributed by atoms with E-state index in [1.54, 1.807) is 24.3 Å². The van der Waals surface area contributed by atoms with E-state index in [1.807, 2.05) is 0 Å². The summed E-state index contributed by atoms with van der Waals surface area (Å²) in [7, 11) is 0. The van der Waals surface area contributed by atoms with Crippen molar-refractivity contribution >= 4 is 23.3 Å². The third kappa shape index (κ3) is 3.66. The van der Waals surface area contributed by atoms with Gasteiger partial charge in [0, 0.05) is 24.2 Å². The average molecular weight is 274 g/mol. The molecule has 1 aliphatic carbocycles. The number of rotatable bonds is 5. The predicted molar refractivity (Wildman–Crippen MR) is 75.6 cm³/mol. The molecule has 0 heterocycles. The van der Waals surface area contributed by atoms with Crippen molar-refractivity contribution in [3.8, 4) is 0 Å². The molecular weight excluding hydrogens is 256 g/mol. The van der Waals surface area contributed by atoms with Crippen LogP contribution in [0.15, 0.2) is 24.3 Å². The summed E-state index contributed by atoms with van der Waals surface area (Å²) in [5, 5.41) is 2.85. The van der Waals surface area contributed by atoms with Crippen LogP contribution in [-0.4, -0.2) is 30.2 Å². The Labute approximate surface area is 118 Å². The van der Waals surface area contributed by atoms with Gasteiger partial charge in [-0.05, 0) is 44.0 Å². The summed E-state index contributed by atoms with van der Waals surface area (Å²) in [6, 6.07) is 6.96. The van der Waals surface area contributed by atoms with E-state index in [1.165, 1.54) is 18.7 Å². The van der Waals surface area contributed by atoms with Crippen LogP contribution in [-0.2, 0) is 9.59 Å². The molecule has 1 N–H and O–H groups in total. The van der Waals surface area contributed by atoms with Crippen LogP contribution in [0.3, 0.4) is 0 Å². The largest absolute Gasteiger partial charge is 0.352 e. The highest BCUT2D eigenvalue weighted by Gasteiger charge is 2.25. The van der Waals surface area contributed by atoms with Gasteiger partial charge >= 0.3 is 0 Å². The Morgan fingerprint density at radius 2 is 1.75 bits per heavy atom. The van der Waals surface area contributed by atoms with Gasteiger partial charge in [-0.15, -0.1) is 0 Å². The van der Waals surface area contributed by atoms with Crippen LogP contribution in [0.5, 0.6) is 0 Å². The van der Waals surface area contributed by atoms with Gasteiger partial charge in [0.2, 0.25) is 11.8 Å². The zero-order chi connectivity index (χ0) is 14.7. The number of ketones is 1. The molecule has 20 heavy (non-hydrogen) atoms. The molecule has 0 radical (unpaired) electrons. The Balaban J connectivity index is 2.08. The molecule has 2 amide bonds. The van der Waals surface area contributed by atoms with E-state index >= 15 is 0 Å². The van der Waals surface area contributed by atoms with Crippen molar-refractivity contribution in [2.24, 2.45) is 0 Å². The minimum Gasteiger partial charge on any atom is -0.352 e. The Morgan fingerprint density at radius 1 is 1.15 bits per heavy atom. The fourth-order valence-corrected chi connectivity index (χ4v) is 1.91. The minimum absolute atomic E-state index is 0.00521. The Kier molecular flexibility index (Phi) is 4.17. The molecule has 1 saturated carbocycles. The lowest BCUT2D eigenvalue weighted by Crippen LogP contribution is -2.40. The number of carbonyl (C=O) groups excluding carboxylic acids is 3. The van der Waals surface area contributed by atoms with E-state index in [9.17, 15) is 14.4 Å². The molecule has 0 saturated heterocycles. The third-order valence-corrected chi connectivity index (χ3v) is 3.21. The summed E-state index contributed by atoms with van der Waals surface area (Å²) in [6.45, 7) is 2.91. The predicted octanol–water partition coefficient (Wildman–Crippen LogP) is 1.52. The highest BCUT2D eigenvalue weighted by Crippen LogP contribution is 2.19. The van der Waals surface area contributed by atoms with E-state index < -0.39 is 0 Å². The molecule has 0 aromatic heterocycles. The number of anilines is 1. The van der Waals surface area contributed by atoms with Crippen LogP contribution < -0.4 is 10.2 Å². The number of nitrogens with one attached hydrogen (secondary N) is 1. The van der Waals surface area contributed by atoms with Crippen LogP contribution in [0.2, 0.25) is 0 Å². The summed E-state index contributed by atoms with van der Waals surface area (Å²) in [6.07, 6.45) is 2.03. The van der Waals surface area contributed by atoms with Gasteiger partial charge in [0.05, 0.1) is 0 Å². The maximum atomic E-state index is 11.8. The fraction of sp³-hybridized carbons (Fsp3) is 0.400. The lowest BCUT2D eigenvalue weighted by Gasteiger charge is -2.20. The average Bonchev–Trinajstić information content (AvgIpc) is 3.19. The topological polar surface area (TPSA) is 66.5 Å². The fourth-order valence-electron chi connectivity index (χ4n) is 1.91. The third-order valence-electron chi connectivity index (χ3n) is 3.21. The summed E-state index contributed by atoms with van der Waals surface area (Å²) < 4.78 is 0. The highest BCUT2D eigenvalue weighted by atomic mass is 16.2. The lowest BCUT2D eigenvalue weighted by atomic mass is 10.1. The Morgan fingerprint density at radius 3 is 2.20 bits per heavy atom. The standard InChI is InChI=1S/C15H18N2O3/c1-10(18)12-3-7-14(8-4-12)17(11(2)19)9-15(20)16-13-5-6-13/h3-4,7-8,13H,5-6,9H2,1-2H3,(H,16,20). The SMILES string of the molecule is CC(=O)c1ccc(N(CC(=O)NC2CC2)C(C)=O)cc1. The van der Waals surface area contributed by atoms with E-state index in [-0.39, 0.29) is 30.2 Å². The van der Waals surface area contributed by atoms with Crippen LogP contribution in [0.25, 0.3) is 0 Å². The zero-order valence-electron chi connectivity index (χ0n) is 11.7. The van der Waals surface area contributed by atoms with E-state index in [2.05, 4.69) is 5.32 Å². The van der Waals surface area contributed by atoms with Crippen LogP contribution in [0.1, 0.15) is 37.0 Å². The van der Waals surface area contributed by atoms with Gasteiger partial charge in [-0.2, -0.15) is 0 Å². The molecule has 1 aliphatic rings. The summed E-state index contributed by atoms with van der Waals surface area (Å²) in [5.41, 5.74) is 1.20. The summed E-state index contributed by atoms with van der Waals surface area (Å²) in [4.78, 5) is 36.1. The van der Waals surface area contributed by atoms with E-state index in [0.717, 1.165) is 12.8 Å². The number of carbonyl (C=O) groups is 3. The molecule has 5 heteroatoms. The maximum absolute atomic E-state index is 11.8. The van der Waals surface area contributed by atoms with Crippen molar-refractivity contribution < 1.29 is 14.4 Å². The molecule has 106 valence electrons. The molecule has 0 spiro atoms. The molecule has 0 aliphatic heterocycles. The number of hydrogen-bond acceptors (Lipinski definition) is 3. The van der Waals surface area contributed by atoms with E-state index in [0.29, 0.717) is 11.3 Å². The number of nitrogens with zero attached hydrogens (tertiary/aromatic N) is 1. The molecular formula is C15H18N2O3. The lowest BCUT2D eigenvalue weighted by molar-refractivity contribution is -0.123. The van der Waals surface area contributed by atoms with Gasteiger partial charge < -0.3 is 10.2 Å². The molecule has 0 unspecified atom stereocenters. The minimum atomic E-state index is -0.202. The van der Waals surface area contributed by atoms with Gasteiger partial charge in [0.1, 0.15) is 6.54 Å². The van der Waals surface area contributed by atoms with Crippen LogP contribution in [0.4, 0.5) is 5.69 Å². The number of hydrogen-bond donors (Lipinski definition) is 1. The molecule has 1 aromatic carbocycles. The first-order valence-corrected chi connectivity index (χ1v) is 6.66. The first-order chi connectivity index (χ1) is 9.47. The Bertz CT molecular complexity index is 533. The first kappa shape index (κ1) is 14.2. The van der Waals surface area contributed by atoms with Gasteiger partial charge in [-0.1, -0.05) is 0 Å². The molecule has 1 aromatic rings. The van der Waals surface area contributed by atoms with Crippen molar-refractivity contribution in [3.63, 3.8) is 0 Å². The second-order valence-electron chi connectivity index (χ2n) is 5.05. The molecule has 1 fully saturated rings. The highest BCUT2D eigenvalue weighted by molar-refractivity contribution is 5.98. The molecule has 0 bridgehead atoms. The number of benzene rings is 1. The maximum Gasteiger partial charge on any atom is 0.240 e. The van der Waals surface area contributed by atoms with Crippen LogP contribution >= 0.6 is 0 Å². The number of amides is 2. The van der Waals surface area contributed by atoms with Gasteiger partial charge in [-0.3, -0.25) is 14.4 Å². The van der Waals surface area contributed by atoms with Crippen molar-refractivity contribution in [2.45, 2.75) is 32.7 Å². The van der Waals surface area contributed by atoms with Crippen molar-refractivity contribution in [3.05, 3.63) is 29.8 Å². The monoisotopic (exact) mass is 274 g/mol. The second-order valence-corrected chi connectivity index (χ2v) is 5.05. The smallest absolute Gasteiger partial charge is 0.240 e. The summed E-state index contributed by atoms with van der Waals surface area (Å²) >= 11 is 0. The zero-order valence-corrected chi connectivity index (χ0v) is 11.7. The van der Waals surface area contributed by atoms with Crippen molar-refractivity contribution in [1.82, 2.24) is 5.32 Å². The molecule has 0 atom stereocenters. The van der Waals surface area contributed by atoms with Gasteiger partial charge in [0.15, 0.2) is 5.78 Å². The van der Waals surface area contributed by atoms with Gasteiger partial charge in [0.25, 0.3) is 0 Å². The van der Waals surface area contributed by atoms with Crippen LogP contribution in [0, 0.1) is 0 Å². The quantitative estimate of drug-likeness (QED) is 0.828. The normalized spacial score (nSPS) is 13.7. The second kappa shape index (κ2) is 5.86. The van der Waals surface area contributed by atoms with E-state index in [4.69, 9.17) is 0 Å². The van der Waals surface area contributed by atoms with Crippen molar-refractivity contribution in [1.29, 1.82) is 0 Å². The number of Topliss-reactive ketones (excluding diaryl/α,β-unsaturated/α-hetero) is 1. The first-order valence-electron chi connectivity index (χ1n) is 6.66. The molecule has 2 rings (SSSR count). The summed E-state index contributed by atoms with van der Waals surface area (Å²) in [5.74, 6) is -0.387. The van der Waals surface area contributed by atoms with Gasteiger partial charge in [-0.25, -0.2) is 0 Å².